The van der Waals surface area contributed by atoms with E-state index in [4.69, 9.17) is 4.11 Å². The highest BCUT2D eigenvalue weighted by Crippen LogP contribution is 2.38. The number of rotatable bonds is 5. The van der Waals surface area contributed by atoms with Crippen molar-refractivity contribution < 1.29 is 13.3 Å². The lowest BCUT2D eigenvalue weighted by atomic mass is 10.1. The topological polar surface area (TPSA) is 122 Å². The lowest BCUT2D eigenvalue weighted by Gasteiger charge is -2.30. The first-order valence-electron chi connectivity index (χ1n) is 12.0. The number of amides is 1. The summed E-state index contributed by atoms with van der Waals surface area (Å²) in [6, 6.07) is 9.45. The standard InChI is InChI=1S/C23H22FN9O2/c1-25-22(34)14-11-27-19(29-18-8-7-13(24)10-26-18)9-16(14)28-15-5-4-6-17-21(15)31(2)12-20-30-32(3)23(35)33(17)20/h4-11H,12H2,1-3H3,(H,25,34)(H2,26,27,28,29)/i1D3. The fourth-order valence-corrected chi connectivity index (χ4v) is 3.97. The molecule has 1 aliphatic rings. The third-order valence-corrected chi connectivity index (χ3v) is 5.52. The van der Waals surface area contributed by atoms with Gasteiger partial charge in [0.2, 0.25) is 0 Å². The average Bonchev–Trinajstić information content (AvgIpc) is 3.12. The summed E-state index contributed by atoms with van der Waals surface area (Å²) < 4.78 is 38.3. The van der Waals surface area contributed by atoms with Crippen LogP contribution in [-0.4, -0.2) is 44.2 Å². The molecule has 0 bridgehead atoms. The predicted octanol–water partition coefficient (Wildman–Crippen LogP) is 2.30. The van der Waals surface area contributed by atoms with E-state index >= 15 is 0 Å². The number of pyridine rings is 2. The molecule has 5 rings (SSSR count). The van der Waals surface area contributed by atoms with Crippen LogP contribution in [0.3, 0.4) is 0 Å². The van der Waals surface area contributed by atoms with Crippen molar-refractivity contribution in [3.63, 3.8) is 0 Å². The van der Waals surface area contributed by atoms with E-state index < -0.39 is 18.7 Å². The number of nitrogens with one attached hydrogen (secondary N) is 3. The second kappa shape index (κ2) is 8.56. The summed E-state index contributed by atoms with van der Waals surface area (Å²) in [6.07, 6.45) is 2.26. The van der Waals surface area contributed by atoms with Crippen molar-refractivity contribution in [3.8, 4) is 5.69 Å². The number of carbonyl (C=O) groups is 1. The highest BCUT2D eigenvalue weighted by atomic mass is 19.1. The number of fused-ring (bicyclic) bond motifs is 3. The molecule has 1 amide bonds. The Morgan fingerprint density at radius 2 is 1.91 bits per heavy atom. The zero-order valence-corrected chi connectivity index (χ0v) is 18.7. The molecule has 12 heteroatoms. The normalized spacial score (nSPS) is 13.7. The maximum atomic E-state index is 13.3. The zero-order valence-electron chi connectivity index (χ0n) is 21.7. The summed E-state index contributed by atoms with van der Waals surface area (Å²) in [5, 5.41) is 12.4. The molecule has 0 saturated heterocycles. The molecule has 178 valence electrons. The highest BCUT2D eigenvalue weighted by Gasteiger charge is 2.27. The molecule has 0 unspecified atom stereocenters. The molecule has 0 radical (unpaired) electrons. The molecule has 35 heavy (non-hydrogen) atoms. The molecule has 4 aromatic rings. The number of carbonyl (C=O) groups excluding carboxylic acids is 1. The highest BCUT2D eigenvalue weighted by molar-refractivity contribution is 6.01. The van der Waals surface area contributed by atoms with E-state index in [2.05, 4.69) is 25.7 Å². The molecule has 0 fully saturated rings. The molecule has 0 spiro atoms. The summed E-state index contributed by atoms with van der Waals surface area (Å²) in [5.41, 5.74) is 1.71. The van der Waals surface area contributed by atoms with Gasteiger partial charge in [-0.2, -0.15) is 5.10 Å². The molecule has 11 nitrogen and oxygen atoms in total. The Hall–Kier alpha value is -4.74. The Kier molecular flexibility index (Phi) is 4.56. The van der Waals surface area contributed by atoms with Gasteiger partial charge in [-0.1, -0.05) is 6.07 Å². The monoisotopic (exact) mass is 478 g/mol. The van der Waals surface area contributed by atoms with Crippen molar-refractivity contribution in [2.75, 3.05) is 29.6 Å². The number of hydrogen-bond donors (Lipinski definition) is 3. The maximum absolute atomic E-state index is 13.3. The predicted molar refractivity (Wildman–Crippen MR) is 129 cm³/mol. The van der Waals surface area contributed by atoms with E-state index in [1.54, 1.807) is 25.2 Å². The quantitative estimate of drug-likeness (QED) is 0.400. The van der Waals surface area contributed by atoms with E-state index in [1.165, 1.54) is 33.6 Å². The number of nitrogens with zero attached hydrogens (tertiary/aromatic N) is 6. The summed E-state index contributed by atoms with van der Waals surface area (Å²) in [6.45, 7) is -2.36. The fraction of sp³-hybridized carbons (Fsp3) is 0.174. The Bertz CT molecular complexity index is 1600. The van der Waals surface area contributed by atoms with Gasteiger partial charge in [-0.25, -0.2) is 28.4 Å². The summed E-state index contributed by atoms with van der Waals surface area (Å²) in [4.78, 5) is 35.6. The number of para-hydroxylation sites is 1. The van der Waals surface area contributed by atoms with Crippen LogP contribution in [-0.2, 0) is 13.6 Å². The van der Waals surface area contributed by atoms with E-state index in [9.17, 15) is 14.0 Å². The van der Waals surface area contributed by atoms with Gasteiger partial charge in [-0.3, -0.25) is 4.79 Å². The van der Waals surface area contributed by atoms with E-state index in [-0.39, 0.29) is 22.8 Å². The first kappa shape index (κ1) is 18.7. The molecular weight excluding hydrogens is 453 g/mol. The van der Waals surface area contributed by atoms with Crippen LogP contribution in [0.15, 0.2) is 53.6 Å². The average molecular weight is 479 g/mol. The van der Waals surface area contributed by atoms with Crippen molar-refractivity contribution in [3.05, 3.63) is 76.5 Å². The fourth-order valence-electron chi connectivity index (χ4n) is 3.97. The van der Waals surface area contributed by atoms with Gasteiger partial charge >= 0.3 is 5.69 Å². The number of halogens is 1. The zero-order chi connectivity index (χ0) is 27.2. The number of hydrogen-bond acceptors (Lipinski definition) is 8. The van der Waals surface area contributed by atoms with Gasteiger partial charge in [-0.05, 0) is 24.3 Å². The van der Waals surface area contributed by atoms with Gasteiger partial charge < -0.3 is 20.9 Å². The lowest BCUT2D eigenvalue weighted by Crippen LogP contribution is -2.31. The minimum Gasteiger partial charge on any atom is -0.364 e. The SMILES string of the molecule is [2H]C([2H])([2H])NC(=O)c1cnc(Nc2ccc(F)cn2)cc1Nc1cccc2c1N(C)Cc1nn(C)c(=O)n1-2. The van der Waals surface area contributed by atoms with Crippen molar-refractivity contribution in [1.82, 2.24) is 29.6 Å². The smallest absolute Gasteiger partial charge is 0.350 e. The van der Waals surface area contributed by atoms with Crippen LogP contribution in [0, 0.1) is 5.82 Å². The van der Waals surface area contributed by atoms with Crippen LogP contribution >= 0.6 is 0 Å². The Labute approximate surface area is 203 Å². The molecule has 3 aromatic heterocycles. The van der Waals surface area contributed by atoms with Crippen molar-refractivity contribution in [1.29, 1.82) is 0 Å². The number of aromatic nitrogens is 5. The minimum atomic E-state index is -2.71. The Balaban J connectivity index is 1.58. The van der Waals surface area contributed by atoms with Crippen LogP contribution in [0.2, 0.25) is 0 Å². The van der Waals surface area contributed by atoms with Crippen molar-refractivity contribution in [2.24, 2.45) is 7.05 Å². The van der Waals surface area contributed by atoms with Crippen LogP contribution in [0.1, 0.15) is 20.3 Å². The van der Waals surface area contributed by atoms with Crippen LogP contribution in [0.5, 0.6) is 0 Å². The van der Waals surface area contributed by atoms with Gasteiger partial charge in [0, 0.05) is 37.4 Å². The second-order valence-electron chi connectivity index (χ2n) is 7.87. The van der Waals surface area contributed by atoms with E-state index in [0.717, 1.165) is 6.20 Å². The third kappa shape index (κ3) is 3.94. The van der Waals surface area contributed by atoms with Crippen LogP contribution in [0.4, 0.5) is 33.1 Å². The number of benzene rings is 1. The molecule has 0 saturated carbocycles. The van der Waals surface area contributed by atoms with Crippen molar-refractivity contribution >= 4 is 34.6 Å². The Morgan fingerprint density at radius 1 is 1.09 bits per heavy atom. The van der Waals surface area contributed by atoms with Gasteiger partial charge in [0.05, 0.1) is 41.1 Å². The Morgan fingerprint density at radius 3 is 2.69 bits per heavy atom. The molecule has 1 aliphatic heterocycles. The minimum absolute atomic E-state index is 0.0333. The van der Waals surface area contributed by atoms with E-state index in [1.807, 2.05) is 17.3 Å². The van der Waals surface area contributed by atoms with Crippen LogP contribution in [0.25, 0.3) is 5.69 Å². The largest absolute Gasteiger partial charge is 0.364 e. The second-order valence-corrected chi connectivity index (χ2v) is 7.87. The summed E-state index contributed by atoms with van der Waals surface area (Å²) in [7, 11) is 3.42. The van der Waals surface area contributed by atoms with Crippen LogP contribution < -0.4 is 26.5 Å². The molecule has 0 atom stereocenters. The molecule has 1 aromatic carbocycles. The molecule has 0 aliphatic carbocycles. The van der Waals surface area contributed by atoms with E-state index in [0.29, 0.717) is 35.2 Å². The maximum Gasteiger partial charge on any atom is 0.350 e. The molecule has 3 N–H and O–H groups in total. The van der Waals surface area contributed by atoms with Gasteiger partial charge in [-0.15, -0.1) is 0 Å². The number of aryl methyl sites for hydroxylation is 1. The first-order valence-corrected chi connectivity index (χ1v) is 10.5. The molecule has 4 heterocycles. The summed E-state index contributed by atoms with van der Waals surface area (Å²) >= 11 is 0. The lowest BCUT2D eigenvalue weighted by molar-refractivity contribution is 0.0963. The van der Waals surface area contributed by atoms with Crippen molar-refractivity contribution in [2.45, 2.75) is 6.54 Å². The third-order valence-electron chi connectivity index (χ3n) is 5.52. The van der Waals surface area contributed by atoms with Gasteiger partial charge in [0.25, 0.3) is 5.91 Å². The van der Waals surface area contributed by atoms with Gasteiger partial charge in [0.15, 0.2) is 5.82 Å². The summed E-state index contributed by atoms with van der Waals surface area (Å²) in [5.74, 6) is -0.220. The molecular formula is C23H22FN9O2. The van der Waals surface area contributed by atoms with Gasteiger partial charge in [0.1, 0.15) is 17.5 Å². The first-order chi connectivity index (χ1) is 18.0. The number of anilines is 5.